The highest BCUT2D eigenvalue weighted by molar-refractivity contribution is 7.98. The number of aryl methyl sites for hydroxylation is 1. The topological polar surface area (TPSA) is 48.0 Å². The summed E-state index contributed by atoms with van der Waals surface area (Å²) in [5.41, 5.74) is 5.99. The zero-order chi connectivity index (χ0) is 9.68. The Kier molecular flexibility index (Phi) is 3.89. The maximum atomic E-state index is 11.3. The monoisotopic (exact) mass is 198 g/mol. The molecule has 0 radical (unpaired) electrons. The van der Waals surface area contributed by atoms with Gasteiger partial charge >= 0.3 is 0 Å². The third kappa shape index (κ3) is 3.14. The Labute approximate surface area is 81.9 Å². The highest BCUT2D eigenvalue weighted by Crippen LogP contribution is 1.99. The Balaban J connectivity index is 2.62. The Bertz CT molecular complexity index is 322. The Morgan fingerprint density at radius 1 is 1.62 bits per heavy atom. The fourth-order valence-corrected chi connectivity index (χ4v) is 1.50. The number of anilines is 1. The molecular formula is C9H14N2OS. The van der Waals surface area contributed by atoms with E-state index in [2.05, 4.69) is 6.26 Å². The smallest absolute Gasteiger partial charge is 0.252 e. The van der Waals surface area contributed by atoms with E-state index in [4.69, 9.17) is 5.73 Å². The summed E-state index contributed by atoms with van der Waals surface area (Å²) in [6, 6.07) is 3.21. The third-order valence-electron chi connectivity index (χ3n) is 1.77. The van der Waals surface area contributed by atoms with Gasteiger partial charge < -0.3 is 10.3 Å². The van der Waals surface area contributed by atoms with Crippen molar-refractivity contribution in [2.75, 3.05) is 17.7 Å². The lowest BCUT2D eigenvalue weighted by Crippen LogP contribution is -2.19. The Morgan fingerprint density at radius 2 is 2.38 bits per heavy atom. The molecule has 4 heteroatoms. The maximum Gasteiger partial charge on any atom is 0.252 e. The van der Waals surface area contributed by atoms with E-state index < -0.39 is 0 Å². The lowest BCUT2D eigenvalue weighted by Gasteiger charge is -2.04. The largest absolute Gasteiger partial charge is 0.399 e. The molecule has 0 atom stereocenters. The molecule has 0 aliphatic rings. The van der Waals surface area contributed by atoms with Gasteiger partial charge in [-0.3, -0.25) is 4.79 Å². The van der Waals surface area contributed by atoms with Crippen LogP contribution in [0.4, 0.5) is 5.69 Å². The first-order chi connectivity index (χ1) is 6.24. The highest BCUT2D eigenvalue weighted by atomic mass is 32.2. The Morgan fingerprint density at radius 3 is 3.00 bits per heavy atom. The summed E-state index contributed by atoms with van der Waals surface area (Å²) in [6.07, 6.45) is 4.83. The molecule has 1 aromatic heterocycles. The number of rotatable bonds is 4. The van der Waals surface area contributed by atoms with E-state index >= 15 is 0 Å². The van der Waals surface area contributed by atoms with Gasteiger partial charge in [0.1, 0.15) is 0 Å². The number of nitrogen functional groups attached to an aromatic ring is 1. The first-order valence-electron chi connectivity index (χ1n) is 4.19. The van der Waals surface area contributed by atoms with E-state index in [1.54, 1.807) is 28.6 Å². The lowest BCUT2D eigenvalue weighted by molar-refractivity contribution is 0.659. The van der Waals surface area contributed by atoms with E-state index in [1.807, 2.05) is 0 Å². The van der Waals surface area contributed by atoms with Crippen LogP contribution >= 0.6 is 11.8 Å². The molecule has 0 amide bonds. The zero-order valence-corrected chi connectivity index (χ0v) is 8.51. The van der Waals surface area contributed by atoms with Gasteiger partial charge in [0, 0.05) is 24.5 Å². The van der Waals surface area contributed by atoms with Crippen LogP contribution in [-0.2, 0) is 6.54 Å². The predicted molar refractivity (Wildman–Crippen MR) is 58.1 cm³/mol. The van der Waals surface area contributed by atoms with Crippen LogP contribution in [0.2, 0.25) is 0 Å². The van der Waals surface area contributed by atoms with Crippen molar-refractivity contribution in [1.29, 1.82) is 0 Å². The fourth-order valence-electron chi connectivity index (χ4n) is 1.09. The quantitative estimate of drug-likeness (QED) is 0.739. The molecule has 3 nitrogen and oxygen atoms in total. The second-order valence-electron chi connectivity index (χ2n) is 2.84. The van der Waals surface area contributed by atoms with Crippen LogP contribution in [0.25, 0.3) is 0 Å². The number of hydrogen-bond acceptors (Lipinski definition) is 3. The molecule has 0 saturated heterocycles. The summed E-state index contributed by atoms with van der Waals surface area (Å²) in [5, 5.41) is 0. The molecule has 0 fully saturated rings. The summed E-state index contributed by atoms with van der Waals surface area (Å²) in [4.78, 5) is 11.3. The first kappa shape index (κ1) is 10.2. The van der Waals surface area contributed by atoms with Crippen molar-refractivity contribution in [3.63, 3.8) is 0 Å². The summed E-state index contributed by atoms with van der Waals surface area (Å²) < 4.78 is 1.69. The van der Waals surface area contributed by atoms with Gasteiger partial charge in [-0.2, -0.15) is 11.8 Å². The van der Waals surface area contributed by atoms with E-state index in [0.29, 0.717) is 5.69 Å². The normalized spacial score (nSPS) is 10.2. The molecule has 1 rings (SSSR count). The number of nitrogens with two attached hydrogens (primary N) is 1. The summed E-state index contributed by atoms with van der Waals surface area (Å²) in [5.74, 6) is 1.08. The van der Waals surface area contributed by atoms with Crippen molar-refractivity contribution in [2.24, 2.45) is 0 Å². The van der Waals surface area contributed by atoms with Crippen molar-refractivity contribution in [3.05, 3.63) is 28.7 Å². The maximum absolute atomic E-state index is 11.3. The van der Waals surface area contributed by atoms with Crippen LogP contribution in [0.15, 0.2) is 23.1 Å². The molecule has 1 aromatic rings. The third-order valence-corrected chi connectivity index (χ3v) is 2.46. The van der Waals surface area contributed by atoms with Gasteiger partial charge in [0.05, 0.1) is 0 Å². The lowest BCUT2D eigenvalue weighted by atomic mass is 10.4. The molecule has 72 valence electrons. The van der Waals surface area contributed by atoms with Crippen LogP contribution in [0.3, 0.4) is 0 Å². The van der Waals surface area contributed by atoms with Gasteiger partial charge in [0.2, 0.25) is 0 Å². The molecule has 13 heavy (non-hydrogen) atoms. The van der Waals surface area contributed by atoms with Gasteiger partial charge in [0.25, 0.3) is 5.56 Å². The van der Waals surface area contributed by atoms with Gasteiger partial charge in [-0.15, -0.1) is 0 Å². The molecule has 2 N–H and O–H groups in total. The summed E-state index contributed by atoms with van der Waals surface area (Å²) >= 11 is 1.79. The minimum atomic E-state index is -0.0129. The second kappa shape index (κ2) is 4.97. The summed E-state index contributed by atoms with van der Waals surface area (Å²) in [6.45, 7) is 0.778. The van der Waals surface area contributed by atoms with Gasteiger partial charge in [-0.25, -0.2) is 0 Å². The fraction of sp³-hybridized carbons (Fsp3) is 0.444. The highest BCUT2D eigenvalue weighted by Gasteiger charge is 1.95. The minimum Gasteiger partial charge on any atom is -0.399 e. The molecule has 1 heterocycles. The molecule has 0 aliphatic carbocycles. The summed E-state index contributed by atoms with van der Waals surface area (Å²) in [7, 11) is 0. The standard InChI is InChI=1S/C9H14N2OS/c1-13-6-2-4-11-5-3-8(10)7-9(11)12/h3,5,7H,2,4,6,10H2,1H3. The second-order valence-corrected chi connectivity index (χ2v) is 3.82. The predicted octanol–water partition coefficient (Wildman–Crippen LogP) is 1.18. The van der Waals surface area contributed by atoms with Gasteiger partial charge in [0.15, 0.2) is 0 Å². The first-order valence-corrected chi connectivity index (χ1v) is 5.58. The van der Waals surface area contributed by atoms with Crippen LogP contribution in [-0.4, -0.2) is 16.6 Å². The van der Waals surface area contributed by atoms with E-state index in [1.165, 1.54) is 6.07 Å². The number of thioether (sulfide) groups is 1. The number of hydrogen-bond donors (Lipinski definition) is 1. The molecule has 0 aliphatic heterocycles. The van der Waals surface area contributed by atoms with Gasteiger partial charge in [-0.1, -0.05) is 0 Å². The minimum absolute atomic E-state index is 0.0129. The molecule has 0 aromatic carbocycles. The van der Waals surface area contributed by atoms with E-state index in [9.17, 15) is 4.79 Å². The average molecular weight is 198 g/mol. The molecule has 0 saturated carbocycles. The number of nitrogens with zero attached hydrogens (tertiary/aromatic N) is 1. The van der Waals surface area contributed by atoms with Crippen molar-refractivity contribution in [2.45, 2.75) is 13.0 Å². The van der Waals surface area contributed by atoms with Crippen LogP contribution < -0.4 is 11.3 Å². The SMILES string of the molecule is CSCCCn1ccc(N)cc1=O. The van der Waals surface area contributed by atoms with Gasteiger partial charge in [-0.05, 0) is 24.5 Å². The van der Waals surface area contributed by atoms with E-state index in [-0.39, 0.29) is 5.56 Å². The average Bonchev–Trinajstić information content (AvgIpc) is 2.09. The number of aromatic nitrogens is 1. The van der Waals surface area contributed by atoms with E-state index in [0.717, 1.165) is 18.7 Å². The Hall–Kier alpha value is -0.900. The van der Waals surface area contributed by atoms with Crippen LogP contribution in [0, 0.1) is 0 Å². The van der Waals surface area contributed by atoms with Crippen molar-refractivity contribution in [1.82, 2.24) is 4.57 Å². The zero-order valence-electron chi connectivity index (χ0n) is 7.69. The molecule has 0 spiro atoms. The van der Waals surface area contributed by atoms with Crippen molar-refractivity contribution < 1.29 is 0 Å². The number of pyridine rings is 1. The molecule has 0 bridgehead atoms. The molecular weight excluding hydrogens is 184 g/mol. The van der Waals surface area contributed by atoms with Crippen LogP contribution in [0.1, 0.15) is 6.42 Å². The molecule has 0 unspecified atom stereocenters. The van der Waals surface area contributed by atoms with Crippen molar-refractivity contribution in [3.8, 4) is 0 Å². The van der Waals surface area contributed by atoms with Crippen molar-refractivity contribution >= 4 is 17.4 Å². The van der Waals surface area contributed by atoms with Crippen LogP contribution in [0.5, 0.6) is 0 Å².